The number of anilines is 1. The lowest BCUT2D eigenvalue weighted by Crippen LogP contribution is -2.31. The maximum atomic E-state index is 9.49. The summed E-state index contributed by atoms with van der Waals surface area (Å²) in [6, 6.07) is 12.8. The average Bonchev–Trinajstić information content (AvgIpc) is 3.16. The summed E-state index contributed by atoms with van der Waals surface area (Å²) in [6.45, 7) is 6.82. The standard InChI is InChI=1S/C21H26N4O/c1-15-12-20(19(13-22)16(2)24-15)23-14-21(25-10-4-5-11-25)17-6-8-18(26-3)9-7-17/h6-9,12,21H,4-5,10-11,14H2,1-3H3,(H,23,24). The summed E-state index contributed by atoms with van der Waals surface area (Å²) in [7, 11) is 1.69. The van der Waals surface area contributed by atoms with Crippen molar-refractivity contribution >= 4 is 5.69 Å². The van der Waals surface area contributed by atoms with Gasteiger partial charge in [-0.25, -0.2) is 0 Å². The fraction of sp³-hybridized carbons (Fsp3) is 0.429. The van der Waals surface area contributed by atoms with E-state index in [2.05, 4.69) is 33.4 Å². The van der Waals surface area contributed by atoms with Gasteiger partial charge in [-0.3, -0.25) is 9.88 Å². The Balaban J connectivity index is 1.83. The normalized spacial score (nSPS) is 15.5. The van der Waals surface area contributed by atoms with Crippen LogP contribution in [0.4, 0.5) is 5.69 Å². The van der Waals surface area contributed by atoms with Crippen LogP contribution in [0.1, 0.15) is 41.4 Å². The van der Waals surface area contributed by atoms with Crippen LogP contribution < -0.4 is 10.1 Å². The molecule has 136 valence electrons. The number of rotatable bonds is 6. The van der Waals surface area contributed by atoms with Gasteiger partial charge < -0.3 is 10.1 Å². The van der Waals surface area contributed by atoms with Gasteiger partial charge in [-0.2, -0.15) is 5.26 Å². The Morgan fingerprint density at radius 1 is 1.23 bits per heavy atom. The number of ether oxygens (including phenoxy) is 1. The van der Waals surface area contributed by atoms with E-state index in [1.54, 1.807) is 7.11 Å². The summed E-state index contributed by atoms with van der Waals surface area (Å²) >= 11 is 0. The number of nitrogens with zero attached hydrogens (tertiary/aromatic N) is 3. The molecule has 1 atom stereocenters. The predicted octanol–water partition coefficient (Wildman–Crippen LogP) is 3.83. The molecule has 2 heterocycles. The minimum Gasteiger partial charge on any atom is -0.497 e. The first-order chi connectivity index (χ1) is 12.6. The van der Waals surface area contributed by atoms with Gasteiger partial charge in [0.25, 0.3) is 0 Å². The Hall–Kier alpha value is -2.58. The number of pyridine rings is 1. The number of hydrogen-bond acceptors (Lipinski definition) is 5. The summed E-state index contributed by atoms with van der Waals surface area (Å²) in [4.78, 5) is 6.92. The zero-order chi connectivity index (χ0) is 18.5. The fourth-order valence-electron chi connectivity index (χ4n) is 3.65. The molecule has 0 amide bonds. The number of benzene rings is 1. The van der Waals surface area contributed by atoms with Crippen LogP contribution in [0.3, 0.4) is 0 Å². The second-order valence-corrected chi connectivity index (χ2v) is 6.80. The van der Waals surface area contributed by atoms with Crippen molar-refractivity contribution in [2.24, 2.45) is 0 Å². The third kappa shape index (κ3) is 3.97. The van der Waals surface area contributed by atoms with Crippen molar-refractivity contribution < 1.29 is 4.74 Å². The molecule has 3 rings (SSSR count). The van der Waals surface area contributed by atoms with Gasteiger partial charge in [-0.15, -0.1) is 0 Å². The lowest BCUT2D eigenvalue weighted by molar-refractivity contribution is 0.256. The zero-order valence-electron chi connectivity index (χ0n) is 15.7. The van der Waals surface area contributed by atoms with Crippen molar-refractivity contribution in [3.63, 3.8) is 0 Å². The molecule has 1 aromatic carbocycles. The van der Waals surface area contributed by atoms with Crippen LogP contribution in [0.15, 0.2) is 30.3 Å². The van der Waals surface area contributed by atoms with E-state index in [1.165, 1.54) is 18.4 Å². The Morgan fingerprint density at radius 2 is 1.92 bits per heavy atom. The second kappa shape index (κ2) is 8.20. The summed E-state index contributed by atoms with van der Waals surface area (Å²) in [5.41, 5.74) is 4.46. The molecule has 1 aromatic heterocycles. The van der Waals surface area contributed by atoms with Crippen LogP contribution in [0, 0.1) is 25.2 Å². The Kier molecular flexibility index (Phi) is 5.75. The molecule has 1 aliphatic heterocycles. The highest BCUT2D eigenvalue weighted by Gasteiger charge is 2.24. The first-order valence-corrected chi connectivity index (χ1v) is 9.12. The van der Waals surface area contributed by atoms with Gasteiger partial charge in [0.05, 0.1) is 30.1 Å². The van der Waals surface area contributed by atoms with E-state index < -0.39 is 0 Å². The van der Waals surface area contributed by atoms with E-state index in [1.807, 2.05) is 32.0 Å². The highest BCUT2D eigenvalue weighted by Crippen LogP contribution is 2.28. The monoisotopic (exact) mass is 350 g/mol. The lowest BCUT2D eigenvalue weighted by atomic mass is 10.0. The molecule has 0 saturated carbocycles. The van der Waals surface area contributed by atoms with Crippen molar-refractivity contribution in [1.82, 2.24) is 9.88 Å². The number of nitrogens with one attached hydrogen (secondary N) is 1. The van der Waals surface area contributed by atoms with Crippen LogP contribution >= 0.6 is 0 Å². The minimum atomic E-state index is 0.267. The minimum absolute atomic E-state index is 0.267. The summed E-state index contributed by atoms with van der Waals surface area (Å²) in [5, 5.41) is 13.0. The third-order valence-corrected chi connectivity index (χ3v) is 5.01. The molecule has 1 unspecified atom stereocenters. The molecule has 1 N–H and O–H groups in total. The number of nitriles is 1. The lowest BCUT2D eigenvalue weighted by Gasteiger charge is -2.29. The topological polar surface area (TPSA) is 61.2 Å². The third-order valence-electron chi connectivity index (χ3n) is 5.01. The van der Waals surface area contributed by atoms with Crippen molar-refractivity contribution in [3.8, 4) is 11.8 Å². The molecule has 1 fully saturated rings. The van der Waals surface area contributed by atoms with Gasteiger partial charge in [0, 0.05) is 12.2 Å². The van der Waals surface area contributed by atoms with E-state index in [9.17, 15) is 5.26 Å². The predicted molar refractivity (Wildman–Crippen MR) is 103 cm³/mol. The zero-order valence-corrected chi connectivity index (χ0v) is 15.7. The van der Waals surface area contributed by atoms with Gasteiger partial charge in [-0.05, 0) is 63.5 Å². The number of likely N-dealkylation sites (tertiary alicyclic amines) is 1. The number of methoxy groups -OCH3 is 1. The molecule has 5 heteroatoms. The Bertz CT molecular complexity index is 789. The van der Waals surface area contributed by atoms with E-state index in [0.29, 0.717) is 5.56 Å². The largest absolute Gasteiger partial charge is 0.497 e. The van der Waals surface area contributed by atoms with E-state index in [-0.39, 0.29) is 6.04 Å². The van der Waals surface area contributed by atoms with Gasteiger partial charge >= 0.3 is 0 Å². The molecule has 0 bridgehead atoms. The molecular weight excluding hydrogens is 324 g/mol. The molecule has 1 aliphatic rings. The maximum Gasteiger partial charge on any atom is 0.118 e. The molecule has 0 aliphatic carbocycles. The van der Waals surface area contributed by atoms with Crippen molar-refractivity contribution in [2.75, 3.05) is 32.1 Å². The van der Waals surface area contributed by atoms with Crippen LogP contribution in [0.2, 0.25) is 0 Å². The molecular formula is C21H26N4O. The van der Waals surface area contributed by atoms with Crippen LogP contribution in [-0.2, 0) is 0 Å². The van der Waals surface area contributed by atoms with E-state index in [0.717, 1.165) is 42.5 Å². The van der Waals surface area contributed by atoms with Crippen molar-refractivity contribution in [1.29, 1.82) is 5.26 Å². The molecule has 5 nitrogen and oxygen atoms in total. The highest BCUT2D eigenvalue weighted by molar-refractivity contribution is 5.60. The highest BCUT2D eigenvalue weighted by atomic mass is 16.5. The van der Waals surface area contributed by atoms with Crippen LogP contribution in [-0.4, -0.2) is 36.6 Å². The van der Waals surface area contributed by atoms with Crippen molar-refractivity contribution in [3.05, 3.63) is 52.8 Å². The van der Waals surface area contributed by atoms with Crippen LogP contribution in [0.5, 0.6) is 5.75 Å². The smallest absolute Gasteiger partial charge is 0.118 e. The number of aromatic nitrogens is 1. The van der Waals surface area contributed by atoms with E-state index >= 15 is 0 Å². The van der Waals surface area contributed by atoms with Gasteiger partial charge in [-0.1, -0.05) is 12.1 Å². The molecule has 2 aromatic rings. The maximum absolute atomic E-state index is 9.49. The first kappa shape index (κ1) is 18.2. The SMILES string of the molecule is COc1ccc(C(CNc2cc(C)nc(C)c2C#N)N2CCCC2)cc1. The molecule has 1 saturated heterocycles. The van der Waals surface area contributed by atoms with E-state index in [4.69, 9.17) is 4.74 Å². The Labute approximate surface area is 155 Å². The number of hydrogen-bond donors (Lipinski definition) is 1. The summed E-state index contributed by atoms with van der Waals surface area (Å²) < 4.78 is 5.29. The molecule has 26 heavy (non-hydrogen) atoms. The Morgan fingerprint density at radius 3 is 2.54 bits per heavy atom. The second-order valence-electron chi connectivity index (χ2n) is 6.80. The van der Waals surface area contributed by atoms with Gasteiger partial charge in [0.2, 0.25) is 0 Å². The molecule has 0 radical (unpaired) electrons. The number of aryl methyl sites for hydroxylation is 2. The first-order valence-electron chi connectivity index (χ1n) is 9.12. The van der Waals surface area contributed by atoms with Crippen LogP contribution in [0.25, 0.3) is 0 Å². The van der Waals surface area contributed by atoms with Crippen molar-refractivity contribution in [2.45, 2.75) is 32.7 Å². The fourth-order valence-corrected chi connectivity index (χ4v) is 3.65. The van der Waals surface area contributed by atoms with Gasteiger partial charge in [0.15, 0.2) is 0 Å². The average molecular weight is 350 g/mol. The van der Waals surface area contributed by atoms with Gasteiger partial charge in [0.1, 0.15) is 11.8 Å². The summed E-state index contributed by atoms with van der Waals surface area (Å²) in [5.74, 6) is 0.869. The summed E-state index contributed by atoms with van der Waals surface area (Å²) in [6.07, 6.45) is 2.48. The quantitative estimate of drug-likeness (QED) is 0.858. The molecule has 0 spiro atoms.